The maximum Gasteiger partial charge on any atom is 0.214 e. The van der Waals surface area contributed by atoms with Crippen molar-refractivity contribution in [3.8, 4) is 0 Å². The molecule has 1 aliphatic rings. The highest BCUT2D eigenvalue weighted by Gasteiger charge is 2.16. The van der Waals surface area contributed by atoms with Gasteiger partial charge in [-0.15, -0.1) is 11.3 Å². The average Bonchev–Trinajstić information content (AvgIpc) is 2.85. The van der Waals surface area contributed by atoms with Gasteiger partial charge in [0.1, 0.15) is 12.9 Å². The summed E-state index contributed by atoms with van der Waals surface area (Å²) in [5, 5.41) is 0. The summed E-state index contributed by atoms with van der Waals surface area (Å²) < 4.78 is 6.42. The summed E-state index contributed by atoms with van der Waals surface area (Å²) in [4.78, 5) is 16.9. The van der Waals surface area contributed by atoms with Gasteiger partial charge >= 0.3 is 0 Å². The van der Waals surface area contributed by atoms with Gasteiger partial charge in [-0.2, -0.15) is 0 Å². The van der Waals surface area contributed by atoms with Crippen LogP contribution < -0.4 is 0 Å². The molecule has 0 spiro atoms. The van der Waals surface area contributed by atoms with Crippen LogP contribution in [0.3, 0.4) is 0 Å². The Hall–Kier alpha value is -1.88. The number of aromatic nitrogens is 1. The van der Waals surface area contributed by atoms with Gasteiger partial charge in [-0.25, -0.2) is 4.98 Å². The summed E-state index contributed by atoms with van der Waals surface area (Å²) in [5.74, 6) is 0. The van der Waals surface area contributed by atoms with Crippen LogP contribution in [0.5, 0.6) is 0 Å². The lowest BCUT2D eigenvalue weighted by Gasteiger charge is -2.24. The van der Waals surface area contributed by atoms with Crippen molar-refractivity contribution < 1.29 is 9.53 Å². The van der Waals surface area contributed by atoms with Gasteiger partial charge in [0.05, 0.1) is 28.0 Å². The number of hydrogen-bond acceptors (Lipinski definition) is 4. The summed E-state index contributed by atoms with van der Waals surface area (Å²) in [6.45, 7) is 1.13. The molecule has 1 amide bonds. The Labute approximate surface area is 102 Å². The molecule has 0 atom stereocenters. The van der Waals surface area contributed by atoms with Gasteiger partial charge in [-0.05, 0) is 12.1 Å². The summed E-state index contributed by atoms with van der Waals surface area (Å²) in [7, 11) is 0. The predicted octanol–water partition coefficient (Wildman–Crippen LogP) is 2.08. The minimum Gasteiger partial charge on any atom is -0.497 e. The van der Waals surface area contributed by atoms with E-state index in [-0.39, 0.29) is 0 Å². The van der Waals surface area contributed by atoms with Crippen LogP contribution in [-0.4, -0.2) is 29.4 Å². The fourth-order valence-electron chi connectivity index (χ4n) is 1.84. The molecule has 86 valence electrons. The number of rotatable bonds is 2. The molecule has 0 radical (unpaired) electrons. The zero-order valence-electron chi connectivity index (χ0n) is 9.00. The van der Waals surface area contributed by atoms with Crippen LogP contribution in [0.25, 0.3) is 15.9 Å². The molecular formula is C12H10N2O2S. The van der Waals surface area contributed by atoms with E-state index in [4.69, 9.17) is 4.74 Å². The van der Waals surface area contributed by atoms with E-state index in [0.29, 0.717) is 13.2 Å². The molecule has 1 aromatic carbocycles. The Morgan fingerprint density at radius 2 is 2.41 bits per heavy atom. The third kappa shape index (κ3) is 1.78. The number of benzene rings is 1. The first kappa shape index (κ1) is 10.3. The first-order valence-corrected chi connectivity index (χ1v) is 6.14. The van der Waals surface area contributed by atoms with Gasteiger partial charge < -0.3 is 9.64 Å². The SMILES string of the molecule is O=CN1CCOC=C1c1ccc2scnc2c1. The Kier molecular flexibility index (Phi) is 2.53. The van der Waals surface area contributed by atoms with Gasteiger partial charge in [0.25, 0.3) is 0 Å². The highest BCUT2D eigenvalue weighted by Crippen LogP contribution is 2.25. The van der Waals surface area contributed by atoms with E-state index in [1.54, 1.807) is 22.5 Å². The van der Waals surface area contributed by atoms with Crippen molar-refractivity contribution in [3.05, 3.63) is 35.5 Å². The van der Waals surface area contributed by atoms with Crippen LogP contribution >= 0.6 is 11.3 Å². The third-order valence-electron chi connectivity index (χ3n) is 2.71. The molecule has 1 aliphatic heterocycles. The maximum absolute atomic E-state index is 11.0. The van der Waals surface area contributed by atoms with Crippen molar-refractivity contribution >= 4 is 33.7 Å². The normalized spacial score (nSPS) is 15.5. The maximum atomic E-state index is 11.0. The number of ether oxygens (including phenoxy) is 1. The van der Waals surface area contributed by atoms with Crippen LogP contribution in [0.2, 0.25) is 0 Å². The van der Waals surface area contributed by atoms with E-state index >= 15 is 0 Å². The number of hydrogen-bond donors (Lipinski definition) is 0. The zero-order valence-corrected chi connectivity index (χ0v) is 9.81. The van der Waals surface area contributed by atoms with E-state index in [2.05, 4.69) is 4.98 Å². The lowest BCUT2D eigenvalue weighted by Crippen LogP contribution is -2.28. The quantitative estimate of drug-likeness (QED) is 0.762. The second kappa shape index (κ2) is 4.18. The minimum absolute atomic E-state index is 0.543. The van der Waals surface area contributed by atoms with Crippen LogP contribution in [0, 0.1) is 0 Å². The lowest BCUT2D eigenvalue weighted by atomic mass is 10.1. The Morgan fingerprint density at radius 3 is 3.29 bits per heavy atom. The van der Waals surface area contributed by atoms with Crippen molar-refractivity contribution in [2.45, 2.75) is 0 Å². The van der Waals surface area contributed by atoms with Crippen LogP contribution in [0.4, 0.5) is 0 Å². The molecule has 2 heterocycles. The molecule has 0 saturated heterocycles. The predicted molar refractivity (Wildman–Crippen MR) is 66.3 cm³/mol. The lowest BCUT2D eigenvalue weighted by molar-refractivity contribution is -0.116. The number of fused-ring (bicyclic) bond motifs is 1. The fourth-order valence-corrected chi connectivity index (χ4v) is 2.50. The number of carbonyl (C=O) groups is 1. The third-order valence-corrected chi connectivity index (χ3v) is 3.52. The molecule has 0 unspecified atom stereocenters. The van der Waals surface area contributed by atoms with E-state index < -0.39 is 0 Å². The Balaban J connectivity index is 2.07. The molecule has 0 saturated carbocycles. The van der Waals surface area contributed by atoms with Gasteiger partial charge in [0, 0.05) is 5.56 Å². The Morgan fingerprint density at radius 1 is 1.47 bits per heavy atom. The smallest absolute Gasteiger partial charge is 0.214 e. The number of carbonyl (C=O) groups excluding carboxylic acids is 1. The molecule has 5 heteroatoms. The Bertz CT molecular complexity index is 591. The molecule has 4 nitrogen and oxygen atoms in total. The number of amides is 1. The van der Waals surface area contributed by atoms with Gasteiger partial charge in [-0.3, -0.25) is 4.79 Å². The van der Waals surface area contributed by atoms with E-state index in [0.717, 1.165) is 27.9 Å². The van der Waals surface area contributed by atoms with E-state index in [1.165, 1.54) is 0 Å². The summed E-state index contributed by atoms with van der Waals surface area (Å²) >= 11 is 1.60. The molecule has 0 N–H and O–H groups in total. The number of thiazole rings is 1. The van der Waals surface area contributed by atoms with Crippen molar-refractivity contribution in [1.29, 1.82) is 0 Å². The largest absolute Gasteiger partial charge is 0.497 e. The molecule has 17 heavy (non-hydrogen) atoms. The van der Waals surface area contributed by atoms with Gasteiger partial charge in [0.15, 0.2) is 0 Å². The van der Waals surface area contributed by atoms with Crippen LogP contribution in [0.1, 0.15) is 5.56 Å². The van der Waals surface area contributed by atoms with Gasteiger partial charge in [-0.1, -0.05) is 6.07 Å². The highest BCUT2D eigenvalue weighted by molar-refractivity contribution is 7.16. The van der Waals surface area contributed by atoms with E-state index in [1.807, 2.05) is 23.7 Å². The van der Waals surface area contributed by atoms with E-state index in [9.17, 15) is 4.79 Å². The molecule has 0 bridgehead atoms. The highest BCUT2D eigenvalue weighted by atomic mass is 32.1. The van der Waals surface area contributed by atoms with Gasteiger partial charge in [0.2, 0.25) is 6.41 Å². The van der Waals surface area contributed by atoms with Crippen molar-refractivity contribution in [2.75, 3.05) is 13.2 Å². The molecule has 2 aromatic rings. The van der Waals surface area contributed by atoms with Crippen molar-refractivity contribution in [1.82, 2.24) is 9.88 Å². The first-order valence-electron chi connectivity index (χ1n) is 5.26. The van der Waals surface area contributed by atoms with Crippen LogP contribution in [-0.2, 0) is 9.53 Å². The molecular weight excluding hydrogens is 236 g/mol. The second-order valence-corrected chi connectivity index (χ2v) is 4.59. The van der Waals surface area contributed by atoms with Crippen molar-refractivity contribution in [3.63, 3.8) is 0 Å². The van der Waals surface area contributed by atoms with Crippen molar-refractivity contribution in [2.24, 2.45) is 0 Å². The monoisotopic (exact) mass is 246 g/mol. The molecule has 3 rings (SSSR count). The second-order valence-electron chi connectivity index (χ2n) is 3.71. The summed E-state index contributed by atoms with van der Waals surface area (Å²) in [6.07, 6.45) is 2.46. The molecule has 0 aliphatic carbocycles. The minimum atomic E-state index is 0.543. The summed E-state index contributed by atoms with van der Waals surface area (Å²) in [6, 6.07) is 5.97. The standard InChI is InChI=1S/C12H10N2O2S/c15-8-14-3-4-16-6-11(14)9-1-2-12-10(5-9)13-7-17-12/h1-2,5-8H,3-4H2. The number of nitrogens with zero attached hydrogens (tertiary/aromatic N) is 2. The summed E-state index contributed by atoms with van der Waals surface area (Å²) in [5.41, 5.74) is 4.51. The zero-order chi connectivity index (χ0) is 11.7. The van der Waals surface area contributed by atoms with Crippen LogP contribution in [0.15, 0.2) is 30.0 Å². The molecule has 0 fully saturated rings. The molecule has 1 aromatic heterocycles. The fraction of sp³-hybridized carbons (Fsp3) is 0.167. The average molecular weight is 246 g/mol. The first-order chi connectivity index (χ1) is 8.38. The topological polar surface area (TPSA) is 42.4 Å².